The van der Waals surface area contributed by atoms with Crippen molar-refractivity contribution in [2.24, 2.45) is 0 Å². The lowest BCUT2D eigenvalue weighted by molar-refractivity contribution is 0.451. The number of anilines is 1. The molecule has 0 fully saturated rings. The maximum atomic E-state index is 6.29. The third kappa shape index (κ3) is 6.10. The van der Waals surface area contributed by atoms with Crippen molar-refractivity contribution in [2.75, 3.05) is 25.0 Å². The average molecular weight is 432 g/mol. The second-order valence-electron chi connectivity index (χ2n) is 8.92. The highest BCUT2D eigenvalue weighted by molar-refractivity contribution is 5.57. The van der Waals surface area contributed by atoms with E-state index >= 15 is 0 Å². The molecular formula is C28H37N3O. The Balaban J connectivity index is 1.56. The summed E-state index contributed by atoms with van der Waals surface area (Å²) in [6, 6.07) is 13.1. The number of ether oxygens (including phenoxy) is 1. The first-order chi connectivity index (χ1) is 15.2. The van der Waals surface area contributed by atoms with Gasteiger partial charge in [-0.05, 0) is 95.3 Å². The summed E-state index contributed by atoms with van der Waals surface area (Å²) < 4.78 is 6.29. The summed E-state index contributed by atoms with van der Waals surface area (Å²) in [6.45, 7) is 17.4. The average Bonchev–Trinajstić information content (AvgIpc) is 2.72. The lowest BCUT2D eigenvalue weighted by Gasteiger charge is -2.17. The zero-order chi connectivity index (χ0) is 23.3. The van der Waals surface area contributed by atoms with Crippen molar-refractivity contribution in [1.82, 2.24) is 10.3 Å². The van der Waals surface area contributed by atoms with Gasteiger partial charge in [0.2, 0.25) is 5.88 Å². The van der Waals surface area contributed by atoms with Gasteiger partial charge in [-0.3, -0.25) is 0 Å². The van der Waals surface area contributed by atoms with E-state index in [4.69, 9.17) is 4.74 Å². The van der Waals surface area contributed by atoms with Crippen LogP contribution in [0.2, 0.25) is 0 Å². The maximum absolute atomic E-state index is 6.29. The van der Waals surface area contributed by atoms with Gasteiger partial charge in [0.1, 0.15) is 5.75 Å². The molecule has 3 aromatic rings. The van der Waals surface area contributed by atoms with E-state index in [1.165, 1.54) is 22.3 Å². The number of benzene rings is 2. The van der Waals surface area contributed by atoms with Gasteiger partial charge in [0.15, 0.2) is 0 Å². The summed E-state index contributed by atoms with van der Waals surface area (Å²) in [5, 5.41) is 7.09. The Morgan fingerprint density at radius 1 is 0.750 bits per heavy atom. The minimum Gasteiger partial charge on any atom is -0.438 e. The van der Waals surface area contributed by atoms with Crippen molar-refractivity contribution < 1.29 is 4.74 Å². The van der Waals surface area contributed by atoms with Crippen molar-refractivity contribution in [3.63, 3.8) is 0 Å². The highest BCUT2D eigenvalue weighted by Crippen LogP contribution is 2.33. The van der Waals surface area contributed by atoms with Gasteiger partial charge < -0.3 is 15.4 Å². The zero-order valence-corrected chi connectivity index (χ0v) is 20.6. The molecule has 0 saturated carbocycles. The second kappa shape index (κ2) is 10.6. The molecule has 0 spiro atoms. The van der Waals surface area contributed by atoms with Crippen LogP contribution in [0.5, 0.6) is 11.6 Å². The fraction of sp³-hybridized carbons (Fsp3) is 0.393. The molecular weight excluding hydrogens is 394 g/mol. The van der Waals surface area contributed by atoms with E-state index in [2.05, 4.69) is 93.6 Å². The van der Waals surface area contributed by atoms with E-state index in [0.717, 1.165) is 59.9 Å². The van der Waals surface area contributed by atoms with Crippen LogP contribution in [0.3, 0.4) is 0 Å². The minimum absolute atomic E-state index is 0.672. The molecule has 0 aliphatic carbocycles. The highest BCUT2D eigenvalue weighted by atomic mass is 16.5. The van der Waals surface area contributed by atoms with E-state index in [1.807, 2.05) is 6.92 Å². The summed E-state index contributed by atoms with van der Waals surface area (Å²) in [7, 11) is 0. The lowest BCUT2D eigenvalue weighted by Crippen LogP contribution is -2.24. The Labute approximate surface area is 193 Å². The Morgan fingerprint density at radius 2 is 1.47 bits per heavy atom. The van der Waals surface area contributed by atoms with E-state index < -0.39 is 0 Å². The fourth-order valence-corrected chi connectivity index (χ4v) is 4.02. The Hall–Kier alpha value is -2.85. The molecule has 2 N–H and O–H groups in total. The molecule has 0 unspecified atom stereocenters. The van der Waals surface area contributed by atoms with Gasteiger partial charge in [-0.1, -0.05) is 35.9 Å². The Kier molecular flexibility index (Phi) is 7.92. The molecule has 4 heteroatoms. The standard InChI is InChI=1S/C28H37N3O/c1-18-14-21(4)27(22(5)15-18)32-28-24(7)26(17-23(6)31-28)30-13-12-29-11-10-25-9-8-19(2)20(3)16-25/h8-9,14-17,29H,10-13H2,1-7H3,(H,30,31). The molecule has 3 rings (SSSR count). The minimum atomic E-state index is 0.672. The molecule has 1 aromatic heterocycles. The molecule has 2 aromatic carbocycles. The van der Waals surface area contributed by atoms with Crippen molar-refractivity contribution in [2.45, 2.75) is 54.9 Å². The SMILES string of the molecule is Cc1cc(C)c(Oc2nc(C)cc(NCCNCCc3ccc(C)c(C)c3)c2C)c(C)c1. The molecule has 0 amide bonds. The Morgan fingerprint density at radius 3 is 2.16 bits per heavy atom. The largest absolute Gasteiger partial charge is 0.438 e. The van der Waals surface area contributed by atoms with Crippen LogP contribution < -0.4 is 15.4 Å². The first-order valence-corrected chi connectivity index (χ1v) is 11.5. The van der Waals surface area contributed by atoms with Crippen LogP contribution in [0.15, 0.2) is 36.4 Å². The number of aromatic nitrogens is 1. The van der Waals surface area contributed by atoms with Gasteiger partial charge >= 0.3 is 0 Å². The number of nitrogens with one attached hydrogen (secondary N) is 2. The van der Waals surface area contributed by atoms with E-state index in [9.17, 15) is 0 Å². The van der Waals surface area contributed by atoms with Gasteiger partial charge in [-0.15, -0.1) is 0 Å². The zero-order valence-electron chi connectivity index (χ0n) is 20.6. The van der Waals surface area contributed by atoms with E-state index in [0.29, 0.717) is 5.88 Å². The predicted molar refractivity (Wildman–Crippen MR) is 135 cm³/mol. The highest BCUT2D eigenvalue weighted by Gasteiger charge is 2.13. The summed E-state index contributed by atoms with van der Waals surface area (Å²) in [6.07, 6.45) is 1.04. The van der Waals surface area contributed by atoms with Crippen LogP contribution in [0.1, 0.15) is 44.6 Å². The third-order valence-corrected chi connectivity index (χ3v) is 5.94. The summed E-state index contributed by atoms with van der Waals surface area (Å²) in [5.74, 6) is 1.57. The number of rotatable bonds is 9. The van der Waals surface area contributed by atoms with Crippen LogP contribution in [-0.4, -0.2) is 24.6 Å². The van der Waals surface area contributed by atoms with E-state index in [1.54, 1.807) is 0 Å². The van der Waals surface area contributed by atoms with Gasteiger partial charge in [0.25, 0.3) is 0 Å². The number of hydrogen-bond acceptors (Lipinski definition) is 4. The maximum Gasteiger partial charge on any atom is 0.224 e. The van der Waals surface area contributed by atoms with Crippen LogP contribution in [0, 0.1) is 48.5 Å². The first-order valence-electron chi connectivity index (χ1n) is 11.5. The number of hydrogen-bond donors (Lipinski definition) is 2. The molecule has 170 valence electrons. The molecule has 0 radical (unpaired) electrons. The number of nitrogens with zero attached hydrogens (tertiary/aromatic N) is 1. The fourth-order valence-electron chi connectivity index (χ4n) is 4.02. The van der Waals surface area contributed by atoms with Crippen LogP contribution >= 0.6 is 0 Å². The molecule has 4 nitrogen and oxygen atoms in total. The van der Waals surface area contributed by atoms with Crippen LogP contribution in [-0.2, 0) is 6.42 Å². The third-order valence-electron chi connectivity index (χ3n) is 5.94. The van der Waals surface area contributed by atoms with Crippen LogP contribution in [0.25, 0.3) is 0 Å². The molecule has 32 heavy (non-hydrogen) atoms. The van der Waals surface area contributed by atoms with Crippen molar-refractivity contribution in [3.8, 4) is 11.6 Å². The smallest absolute Gasteiger partial charge is 0.224 e. The summed E-state index contributed by atoms with van der Waals surface area (Å²) in [5.41, 5.74) is 10.7. The molecule has 0 aliphatic heterocycles. The molecule has 0 bridgehead atoms. The predicted octanol–water partition coefficient (Wildman–Crippen LogP) is 6.28. The molecule has 1 heterocycles. The normalized spacial score (nSPS) is 11.0. The second-order valence-corrected chi connectivity index (χ2v) is 8.92. The van der Waals surface area contributed by atoms with Crippen LogP contribution in [0.4, 0.5) is 5.69 Å². The molecule has 0 saturated heterocycles. The number of pyridine rings is 1. The summed E-state index contributed by atoms with van der Waals surface area (Å²) >= 11 is 0. The first kappa shape index (κ1) is 23.8. The van der Waals surface area contributed by atoms with Gasteiger partial charge in [0.05, 0.1) is 0 Å². The monoisotopic (exact) mass is 431 g/mol. The Bertz CT molecular complexity index is 1070. The molecule has 0 atom stereocenters. The quantitative estimate of drug-likeness (QED) is 0.392. The van der Waals surface area contributed by atoms with Gasteiger partial charge in [-0.25, -0.2) is 4.98 Å². The lowest BCUT2D eigenvalue weighted by atomic mass is 10.0. The van der Waals surface area contributed by atoms with Crippen molar-refractivity contribution in [3.05, 3.63) is 81.0 Å². The van der Waals surface area contributed by atoms with E-state index in [-0.39, 0.29) is 0 Å². The van der Waals surface area contributed by atoms with Gasteiger partial charge in [0, 0.05) is 30.0 Å². The summed E-state index contributed by atoms with van der Waals surface area (Å²) in [4.78, 5) is 4.66. The van der Waals surface area contributed by atoms with Crippen molar-refractivity contribution in [1.29, 1.82) is 0 Å². The molecule has 0 aliphatic rings. The topological polar surface area (TPSA) is 46.2 Å². The van der Waals surface area contributed by atoms with Crippen molar-refractivity contribution >= 4 is 5.69 Å². The number of aryl methyl sites for hydroxylation is 6. The van der Waals surface area contributed by atoms with Gasteiger partial charge in [-0.2, -0.15) is 0 Å².